The first-order valence-corrected chi connectivity index (χ1v) is 6.70. The number of nitrogens with zero attached hydrogens (tertiary/aromatic N) is 3. The Morgan fingerprint density at radius 2 is 2.05 bits per heavy atom. The van der Waals surface area contributed by atoms with E-state index in [0.29, 0.717) is 31.3 Å². The maximum atomic E-state index is 11.9. The Hall–Kier alpha value is -1.96. The van der Waals surface area contributed by atoms with Crippen LogP contribution in [0.1, 0.15) is 5.69 Å². The molecular weight excluding hydrogens is 268 g/mol. The molecule has 2 heterocycles. The summed E-state index contributed by atoms with van der Waals surface area (Å²) in [6.07, 6.45) is 0.750. The van der Waals surface area contributed by atoms with Gasteiger partial charge in [0.15, 0.2) is 5.13 Å². The van der Waals surface area contributed by atoms with Gasteiger partial charge in [0.05, 0.1) is 5.69 Å². The van der Waals surface area contributed by atoms with E-state index in [2.05, 4.69) is 10.3 Å². The zero-order valence-corrected chi connectivity index (χ0v) is 11.3. The van der Waals surface area contributed by atoms with Crippen molar-refractivity contribution in [3.63, 3.8) is 0 Å². The molecule has 1 aliphatic heterocycles. The van der Waals surface area contributed by atoms with Crippen LogP contribution in [-0.4, -0.2) is 59.2 Å². The summed E-state index contributed by atoms with van der Waals surface area (Å²) in [7, 11) is 0. The van der Waals surface area contributed by atoms with Gasteiger partial charge < -0.3 is 9.80 Å². The highest BCUT2D eigenvalue weighted by molar-refractivity contribution is 7.14. The number of carbonyl (C=O) groups is 3. The van der Waals surface area contributed by atoms with Crippen LogP contribution < -0.4 is 5.32 Å². The average Bonchev–Trinajstić information content (AvgIpc) is 2.83. The van der Waals surface area contributed by atoms with Crippen LogP contribution in [0.15, 0.2) is 5.38 Å². The van der Waals surface area contributed by atoms with Gasteiger partial charge in [0.2, 0.25) is 6.41 Å². The monoisotopic (exact) mass is 282 g/mol. The molecule has 1 fully saturated rings. The van der Waals surface area contributed by atoms with E-state index >= 15 is 0 Å². The third kappa shape index (κ3) is 3.28. The smallest absolute Gasteiger partial charge is 0.315 e. The highest BCUT2D eigenvalue weighted by Crippen LogP contribution is 2.14. The number of hydrogen-bond acceptors (Lipinski definition) is 5. The molecule has 8 heteroatoms. The van der Waals surface area contributed by atoms with Gasteiger partial charge in [-0.1, -0.05) is 0 Å². The number of anilines is 1. The van der Waals surface area contributed by atoms with Crippen molar-refractivity contribution in [1.82, 2.24) is 14.8 Å². The van der Waals surface area contributed by atoms with Gasteiger partial charge in [-0.3, -0.25) is 19.7 Å². The zero-order valence-electron chi connectivity index (χ0n) is 10.5. The highest BCUT2D eigenvalue weighted by Gasteiger charge is 2.25. The second-order valence-corrected chi connectivity index (χ2v) is 5.04. The molecule has 0 saturated carbocycles. The second-order valence-electron chi connectivity index (χ2n) is 4.18. The van der Waals surface area contributed by atoms with E-state index in [0.717, 1.165) is 12.1 Å². The Labute approximate surface area is 114 Å². The molecule has 0 unspecified atom stereocenters. The van der Waals surface area contributed by atoms with Crippen LogP contribution in [0.4, 0.5) is 5.13 Å². The Balaban J connectivity index is 1.89. The molecule has 1 aromatic rings. The molecule has 2 rings (SSSR count). The normalized spacial score (nSPS) is 15.2. The fraction of sp³-hybridized carbons (Fsp3) is 0.455. The SMILES string of the molecule is Cc1csc(NC(=O)C(=O)N2CCN(C=O)CC2)n1. The van der Waals surface area contributed by atoms with Crippen LogP contribution in [0.25, 0.3) is 0 Å². The van der Waals surface area contributed by atoms with Gasteiger partial charge >= 0.3 is 11.8 Å². The number of piperazine rings is 1. The van der Waals surface area contributed by atoms with E-state index in [4.69, 9.17) is 0 Å². The molecule has 19 heavy (non-hydrogen) atoms. The lowest BCUT2D eigenvalue weighted by atomic mass is 10.3. The minimum atomic E-state index is -0.686. The van der Waals surface area contributed by atoms with E-state index < -0.39 is 11.8 Å². The number of rotatable bonds is 2. The molecular formula is C11H14N4O3S. The summed E-state index contributed by atoms with van der Waals surface area (Å²) in [5.41, 5.74) is 0.798. The third-order valence-electron chi connectivity index (χ3n) is 2.78. The maximum Gasteiger partial charge on any atom is 0.315 e. The van der Waals surface area contributed by atoms with E-state index in [1.54, 1.807) is 10.3 Å². The Morgan fingerprint density at radius 1 is 1.37 bits per heavy atom. The van der Waals surface area contributed by atoms with E-state index in [-0.39, 0.29) is 0 Å². The van der Waals surface area contributed by atoms with Gasteiger partial charge in [-0.2, -0.15) is 0 Å². The van der Waals surface area contributed by atoms with Crippen molar-refractivity contribution in [2.45, 2.75) is 6.92 Å². The molecule has 0 spiro atoms. The Bertz CT molecular complexity index is 494. The minimum Gasteiger partial charge on any atom is -0.342 e. The predicted molar refractivity (Wildman–Crippen MR) is 69.7 cm³/mol. The van der Waals surface area contributed by atoms with E-state index in [1.165, 1.54) is 16.2 Å². The van der Waals surface area contributed by atoms with Crippen LogP contribution >= 0.6 is 11.3 Å². The standard InChI is InChI=1S/C11H14N4O3S/c1-8-6-19-11(12-8)13-9(17)10(18)15-4-2-14(7-16)3-5-15/h6-7H,2-5H2,1H3,(H,12,13,17). The van der Waals surface area contributed by atoms with Gasteiger partial charge in [-0.05, 0) is 6.92 Å². The first-order valence-electron chi connectivity index (χ1n) is 5.82. The molecule has 102 valence electrons. The Morgan fingerprint density at radius 3 is 2.58 bits per heavy atom. The van der Waals surface area contributed by atoms with Gasteiger partial charge in [0.25, 0.3) is 0 Å². The molecule has 0 aliphatic carbocycles. The third-order valence-corrected chi connectivity index (χ3v) is 3.66. The summed E-state index contributed by atoms with van der Waals surface area (Å²) in [5, 5.41) is 4.69. The van der Waals surface area contributed by atoms with Crippen LogP contribution in [0.5, 0.6) is 0 Å². The highest BCUT2D eigenvalue weighted by atomic mass is 32.1. The molecule has 1 N–H and O–H groups in total. The molecule has 0 radical (unpaired) electrons. The molecule has 7 nitrogen and oxygen atoms in total. The van der Waals surface area contributed by atoms with Crippen LogP contribution in [0.2, 0.25) is 0 Å². The summed E-state index contributed by atoms with van der Waals surface area (Å²) < 4.78 is 0. The molecule has 3 amide bonds. The lowest BCUT2D eigenvalue weighted by Crippen LogP contribution is -2.51. The fourth-order valence-corrected chi connectivity index (χ4v) is 2.42. The number of aryl methyl sites for hydroxylation is 1. The van der Waals surface area contributed by atoms with Crippen LogP contribution in [0.3, 0.4) is 0 Å². The summed E-state index contributed by atoms with van der Waals surface area (Å²) in [5.74, 6) is -1.27. The number of nitrogens with one attached hydrogen (secondary N) is 1. The number of aromatic nitrogens is 1. The van der Waals surface area contributed by atoms with Crippen molar-refractivity contribution in [2.24, 2.45) is 0 Å². The van der Waals surface area contributed by atoms with Gasteiger partial charge in [-0.25, -0.2) is 4.98 Å². The topological polar surface area (TPSA) is 82.6 Å². The largest absolute Gasteiger partial charge is 0.342 e. The fourth-order valence-electron chi connectivity index (χ4n) is 1.74. The van der Waals surface area contributed by atoms with Crippen molar-refractivity contribution in [2.75, 3.05) is 31.5 Å². The Kier molecular flexibility index (Phi) is 4.10. The van der Waals surface area contributed by atoms with Crippen LogP contribution in [-0.2, 0) is 14.4 Å². The van der Waals surface area contributed by atoms with Gasteiger partial charge in [0.1, 0.15) is 0 Å². The average molecular weight is 282 g/mol. The molecule has 0 atom stereocenters. The number of thiazole rings is 1. The predicted octanol–water partition coefficient (Wildman–Crippen LogP) is -0.309. The van der Waals surface area contributed by atoms with Crippen molar-refractivity contribution < 1.29 is 14.4 Å². The van der Waals surface area contributed by atoms with Crippen molar-refractivity contribution in [1.29, 1.82) is 0 Å². The minimum absolute atomic E-state index is 0.377. The summed E-state index contributed by atoms with van der Waals surface area (Å²) in [4.78, 5) is 41.3. The van der Waals surface area contributed by atoms with E-state index in [9.17, 15) is 14.4 Å². The summed E-state index contributed by atoms with van der Waals surface area (Å²) >= 11 is 1.28. The molecule has 1 aromatic heterocycles. The first-order chi connectivity index (χ1) is 9.10. The number of amides is 3. The van der Waals surface area contributed by atoms with Crippen molar-refractivity contribution >= 4 is 34.7 Å². The maximum absolute atomic E-state index is 11.9. The molecule has 1 aliphatic rings. The quantitative estimate of drug-likeness (QED) is 0.596. The lowest BCUT2D eigenvalue weighted by molar-refractivity contribution is -0.144. The van der Waals surface area contributed by atoms with Crippen molar-refractivity contribution in [3.8, 4) is 0 Å². The number of hydrogen-bond donors (Lipinski definition) is 1. The zero-order chi connectivity index (χ0) is 13.8. The molecule has 0 aromatic carbocycles. The van der Waals surface area contributed by atoms with Gasteiger partial charge in [-0.15, -0.1) is 11.3 Å². The summed E-state index contributed by atoms with van der Waals surface area (Å²) in [6, 6.07) is 0. The van der Waals surface area contributed by atoms with Crippen LogP contribution in [0, 0.1) is 6.92 Å². The van der Waals surface area contributed by atoms with Gasteiger partial charge in [0, 0.05) is 31.6 Å². The van der Waals surface area contributed by atoms with E-state index in [1.807, 2.05) is 6.92 Å². The lowest BCUT2D eigenvalue weighted by Gasteiger charge is -2.31. The number of carbonyl (C=O) groups excluding carboxylic acids is 3. The second kappa shape index (κ2) is 5.79. The van der Waals surface area contributed by atoms with Crippen molar-refractivity contribution in [3.05, 3.63) is 11.1 Å². The first kappa shape index (κ1) is 13.5. The molecule has 0 bridgehead atoms. The molecule has 1 saturated heterocycles. The summed E-state index contributed by atoms with van der Waals surface area (Å²) in [6.45, 7) is 3.48.